The van der Waals surface area contributed by atoms with Crippen LogP contribution in [0.1, 0.15) is 25.1 Å². The van der Waals surface area contributed by atoms with Crippen molar-refractivity contribution >= 4 is 29.3 Å². The molecule has 0 aromatic carbocycles. The first-order chi connectivity index (χ1) is 16.2. The Labute approximate surface area is 199 Å². The molecule has 3 unspecified atom stereocenters. The van der Waals surface area contributed by atoms with Gasteiger partial charge in [-0.25, -0.2) is 18.5 Å². The van der Waals surface area contributed by atoms with Crippen LogP contribution in [0.25, 0.3) is 0 Å². The molecular formula is C16H24N3O13P3. The van der Waals surface area contributed by atoms with E-state index in [-0.39, 0.29) is 24.4 Å². The summed E-state index contributed by atoms with van der Waals surface area (Å²) < 4.78 is 64.0. The lowest BCUT2D eigenvalue weighted by atomic mass is 10.2. The van der Waals surface area contributed by atoms with Gasteiger partial charge in [-0.15, -0.1) is 12.5 Å². The average molecular weight is 559 g/mol. The van der Waals surface area contributed by atoms with E-state index in [0.29, 0.717) is 7.11 Å². The average Bonchev–Trinajstić information content (AvgIpc) is 3.14. The molecule has 1 aliphatic heterocycles. The molecule has 1 aromatic rings. The molecule has 0 radical (unpaired) electrons. The predicted molar refractivity (Wildman–Crippen MR) is 119 cm³/mol. The highest BCUT2D eigenvalue weighted by Gasteiger charge is 2.44. The second kappa shape index (κ2) is 12.0. The summed E-state index contributed by atoms with van der Waals surface area (Å²) in [7, 11) is -15.3. The first kappa shape index (κ1) is 29.5. The zero-order valence-corrected chi connectivity index (χ0v) is 21.1. The first-order valence-electron chi connectivity index (χ1n) is 9.53. The Hall–Kier alpha value is -1.69. The second-order valence-electron chi connectivity index (χ2n) is 6.68. The van der Waals surface area contributed by atoms with E-state index >= 15 is 0 Å². The van der Waals surface area contributed by atoms with Crippen molar-refractivity contribution in [3.8, 4) is 11.8 Å². The van der Waals surface area contributed by atoms with Gasteiger partial charge in [0, 0.05) is 19.7 Å². The van der Waals surface area contributed by atoms with Crippen molar-refractivity contribution in [2.24, 2.45) is 0 Å². The van der Waals surface area contributed by atoms with Crippen molar-refractivity contribution in [1.29, 1.82) is 0 Å². The van der Waals surface area contributed by atoms with Gasteiger partial charge in [0.05, 0.1) is 24.9 Å². The summed E-state index contributed by atoms with van der Waals surface area (Å²) in [6, 6.07) is 0. The Morgan fingerprint density at radius 2 is 1.94 bits per heavy atom. The molecule has 196 valence electrons. The Balaban J connectivity index is 2.18. The van der Waals surface area contributed by atoms with Crippen LogP contribution in [-0.4, -0.2) is 56.8 Å². The molecule has 0 aliphatic carbocycles. The summed E-state index contributed by atoms with van der Waals surface area (Å²) >= 11 is 0. The number of nitrogens with two attached hydrogens (primary N) is 1. The van der Waals surface area contributed by atoms with Gasteiger partial charge in [-0.05, 0) is 6.92 Å². The minimum Gasteiger partial charge on any atom is -0.382 e. The van der Waals surface area contributed by atoms with E-state index in [4.69, 9.17) is 24.6 Å². The second-order valence-corrected chi connectivity index (χ2v) is 11.4. The Morgan fingerprint density at radius 1 is 1.29 bits per heavy atom. The monoisotopic (exact) mass is 559 g/mol. The number of nitrogen functional groups attached to an aromatic ring is 1. The third kappa shape index (κ3) is 8.73. The summed E-state index contributed by atoms with van der Waals surface area (Å²) in [5.41, 5.74) is 5.21. The molecule has 35 heavy (non-hydrogen) atoms. The van der Waals surface area contributed by atoms with E-state index in [2.05, 4.69) is 36.5 Å². The lowest BCUT2D eigenvalue weighted by Gasteiger charge is -2.21. The number of rotatable bonds is 12. The van der Waals surface area contributed by atoms with Crippen LogP contribution in [0.3, 0.4) is 0 Å². The highest BCUT2D eigenvalue weighted by atomic mass is 31.3. The summed E-state index contributed by atoms with van der Waals surface area (Å²) in [5, 5.41) is 0. The maximum absolute atomic E-state index is 12.3. The van der Waals surface area contributed by atoms with Crippen molar-refractivity contribution in [2.45, 2.75) is 31.8 Å². The lowest BCUT2D eigenvalue weighted by molar-refractivity contribution is -0.0570. The van der Waals surface area contributed by atoms with Gasteiger partial charge < -0.3 is 29.9 Å². The molecule has 0 spiro atoms. The SMILES string of the molecule is C=CCO[C@@H]1C[C@H](n2cc(C#CC)c(N)nc2=O)O[C@@H]1COP(=O)(O)OP(=O)(O)OP(=O)(O)OC. The molecule has 5 N–H and O–H groups in total. The van der Waals surface area contributed by atoms with Gasteiger partial charge in [-0.2, -0.15) is 13.6 Å². The van der Waals surface area contributed by atoms with Crippen LogP contribution in [0, 0.1) is 11.8 Å². The van der Waals surface area contributed by atoms with E-state index in [1.54, 1.807) is 6.92 Å². The van der Waals surface area contributed by atoms with Crippen molar-refractivity contribution in [2.75, 3.05) is 26.1 Å². The van der Waals surface area contributed by atoms with Crippen LogP contribution in [0.4, 0.5) is 5.82 Å². The number of ether oxygens (including phenoxy) is 2. The highest BCUT2D eigenvalue weighted by molar-refractivity contribution is 7.66. The molecule has 2 heterocycles. The topological polar surface area (TPSA) is 228 Å². The van der Waals surface area contributed by atoms with E-state index < -0.39 is 54.2 Å². The van der Waals surface area contributed by atoms with Gasteiger partial charge in [0.15, 0.2) is 0 Å². The summed E-state index contributed by atoms with van der Waals surface area (Å²) in [6.07, 6.45) is -0.0274. The smallest absolute Gasteiger partial charge is 0.382 e. The van der Waals surface area contributed by atoms with Gasteiger partial charge in [0.1, 0.15) is 18.1 Å². The maximum Gasteiger partial charge on any atom is 0.490 e. The quantitative estimate of drug-likeness (QED) is 0.159. The number of hydrogen-bond donors (Lipinski definition) is 4. The molecule has 0 amide bonds. The summed E-state index contributed by atoms with van der Waals surface area (Å²) in [4.78, 5) is 44.4. The fraction of sp³-hybridized carbons (Fsp3) is 0.500. The predicted octanol–water partition coefficient (Wildman–Crippen LogP) is 1.05. The van der Waals surface area contributed by atoms with Crippen LogP contribution in [0.5, 0.6) is 0 Å². The van der Waals surface area contributed by atoms with Gasteiger partial charge in [-0.1, -0.05) is 12.0 Å². The molecule has 16 nitrogen and oxygen atoms in total. The van der Waals surface area contributed by atoms with Gasteiger partial charge in [-0.3, -0.25) is 13.6 Å². The fourth-order valence-electron chi connectivity index (χ4n) is 2.81. The minimum absolute atomic E-state index is 0.0501. The van der Waals surface area contributed by atoms with E-state index in [0.717, 1.165) is 4.57 Å². The zero-order chi connectivity index (χ0) is 26.4. The van der Waals surface area contributed by atoms with Crippen molar-refractivity contribution in [1.82, 2.24) is 9.55 Å². The van der Waals surface area contributed by atoms with Crippen LogP contribution in [0.15, 0.2) is 23.6 Å². The van der Waals surface area contributed by atoms with E-state index in [9.17, 15) is 28.3 Å². The third-order valence-corrected chi connectivity index (χ3v) is 8.44. The normalized spacial score (nSPS) is 25.0. The Morgan fingerprint density at radius 3 is 2.54 bits per heavy atom. The van der Waals surface area contributed by atoms with Gasteiger partial charge in [0.2, 0.25) is 0 Å². The Bertz CT molecular complexity index is 1190. The molecule has 0 bridgehead atoms. The largest absolute Gasteiger partial charge is 0.490 e. The zero-order valence-electron chi connectivity index (χ0n) is 18.5. The molecule has 6 atom stereocenters. The van der Waals surface area contributed by atoms with Crippen molar-refractivity contribution < 1.29 is 55.5 Å². The third-order valence-electron chi connectivity index (χ3n) is 4.21. The molecule has 2 rings (SSSR count). The van der Waals surface area contributed by atoms with Crippen LogP contribution in [0.2, 0.25) is 0 Å². The summed E-state index contributed by atoms with van der Waals surface area (Å²) in [6.45, 7) is 4.40. The standard InChI is InChI=1S/C16H24N3O13P3/c1-4-6-11-9-19(16(20)18-15(11)17)14-8-12(28-7-5-2)13(30-14)10-29-34(23,24)32-35(25,26)31-33(21,22)27-3/h5,9,12-14H,2,7-8,10H2,1,3H3,(H,21,22)(H,23,24)(H,25,26)(H2,17,18,20)/t12-,13-,14-/m1/s1. The maximum atomic E-state index is 12.3. The van der Waals surface area contributed by atoms with Gasteiger partial charge >= 0.3 is 29.2 Å². The van der Waals surface area contributed by atoms with Crippen LogP contribution in [-0.2, 0) is 40.8 Å². The molecule has 1 aromatic heterocycles. The molecule has 1 saturated heterocycles. The van der Waals surface area contributed by atoms with E-state index in [1.165, 1.54) is 12.3 Å². The number of phosphoric acid groups is 3. The Kier molecular flexibility index (Phi) is 10.2. The lowest BCUT2D eigenvalue weighted by Crippen LogP contribution is -2.29. The number of anilines is 1. The highest BCUT2D eigenvalue weighted by Crippen LogP contribution is 2.67. The van der Waals surface area contributed by atoms with E-state index in [1.807, 2.05) is 0 Å². The first-order valence-corrected chi connectivity index (χ1v) is 14.0. The number of phosphoric ester groups is 2. The molecule has 19 heteroatoms. The molecule has 1 fully saturated rings. The van der Waals surface area contributed by atoms with Crippen molar-refractivity contribution in [3.63, 3.8) is 0 Å². The van der Waals surface area contributed by atoms with Crippen LogP contribution >= 0.6 is 23.5 Å². The molecule has 0 saturated carbocycles. The molecular weight excluding hydrogens is 535 g/mol. The summed E-state index contributed by atoms with van der Waals surface area (Å²) in [5.74, 6) is 5.25. The van der Waals surface area contributed by atoms with Gasteiger partial charge in [0.25, 0.3) is 0 Å². The fourth-order valence-corrected chi connectivity index (χ4v) is 6.07. The molecule has 1 aliphatic rings. The van der Waals surface area contributed by atoms with Crippen molar-refractivity contribution in [3.05, 3.63) is 34.9 Å². The number of nitrogens with zero attached hydrogens (tertiary/aromatic N) is 2. The number of hydrogen-bond acceptors (Lipinski definition) is 12. The number of aromatic nitrogens is 2. The van der Waals surface area contributed by atoms with Crippen LogP contribution < -0.4 is 11.4 Å². The minimum atomic E-state index is -5.57.